The second kappa shape index (κ2) is 9.25. The second-order valence-corrected chi connectivity index (χ2v) is 9.07. The molecule has 4 nitrogen and oxygen atoms in total. The van der Waals surface area contributed by atoms with Crippen molar-refractivity contribution in [2.45, 2.75) is 20.4 Å². The van der Waals surface area contributed by atoms with E-state index in [9.17, 15) is 0 Å². The number of likely N-dealkylation sites (N-methyl/N-ethyl adjacent to an activating group) is 1. The summed E-state index contributed by atoms with van der Waals surface area (Å²) < 4.78 is 9.40. The Kier molecular flexibility index (Phi) is 6.44. The lowest BCUT2D eigenvalue weighted by Gasteiger charge is -2.13. The maximum atomic E-state index is 6.01. The third kappa shape index (κ3) is 4.83. The largest absolute Gasteiger partial charge is 0.492 e. The average molecular weight is 478 g/mol. The van der Waals surface area contributed by atoms with E-state index in [0.29, 0.717) is 6.61 Å². The van der Waals surface area contributed by atoms with Crippen molar-refractivity contribution in [2.24, 2.45) is 0 Å². The summed E-state index contributed by atoms with van der Waals surface area (Å²) in [6.45, 7) is 6.54. The second-order valence-electron chi connectivity index (χ2n) is 8.21. The Balaban J connectivity index is 1.81. The van der Waals surface area contributed by atoms with Crippen molar-refractivity contribution in [3.8, 4) is 17.1 Å². The number of fused-ring (bicyclic) bond motifs is 1. The van der Waals surface area contributed by atoms with E-state index in [0.717, 1.165) is 45.7 Å². The Morgan fingerprint density at radius 2 is 1.77 bits per heavy atom. The highest BCUT2D eigenvalue weighted by Gasteiger charge is 2.15. The lowest BCUT2D eigenvalue weighted by molar-refractivity contribution is 0.261. The van der Waals surface area contributed by atoms with E-state index >= 15 is 0 Å². The quantitative estimate of drug-likeness (QED) is 0.323. The first-order valence-electron chi connectivity index (χ1n) is 10.5. The van der Waals surface area contributed by atoms with Crippen LogP contribution in [0.3, 0.4) is 0 Å². The fraction of sp³-hybridized carbons (Fsp3) is 0.269. The van der Waals surface area contributed by atoms with Gasteiger partial charge < -0.3 is 14.2 Å². The van der Waals surface area contributed by atoms with Crippen molar-refractivity contribution in [3.05, 3.63) is 81.8 Å². The number of halogens is 1. The average Bonchev–Trinajstić information content (AvgIpc) is 3.09. The summed E-state index contributed by atoms with van der Waals surface area (Å²) in [5.74, 6) is 1.84. The molecule has 5 heteroatoms. The van der Waals surface area contributed by atoms with Gasteiger partial charge in [0.1, 0.15) is 18.2 Å². The fourth-order valence-corrected chi connectivity index (χ4v) is 4.01. The van der Waals surface area contributed by atoms with Crippen molar-refractivity contribution in [3.63, 3.8) is 0 Å². The summed E-state index contributed by atoms with van der Waals surface area (Å²) in [4.78, 5) is 7.13. The van der Waals surface area contributed by atoms with Gasteiger partial charge >= 0.3 is 0 Å². The monoisotopic (exact) mass is 477 g/mol. The molecule has 1 heterocycles. The van der Waals surface area contributed by atoms with Crippen molar-refractivity contribution >= 4 is 27.0 Å². The Morgan fingerprint density at radius 1 is 0.968 bits per heavy atom. The van der Waals surface area contributed by atoms with E-state index in [2.05, 4.69) is 102 Å². The van der Waals surface area contributed by atoms with Crippen molar-refractivity contribution < 1.29 is 4.74 Å². The molecule has 31 heavy (non-hydrogen) atoms. The zero-order valence-electron chi connectivity index (χ0n) is 18.5. The third-order valence-electron chi connectivity index (χ3n) is 5.58. The Bertz CT molecular complexity index is 1210. The zero-order chi connectivity index (χ0) is 22.0. The molecule has 0 aliphatic heterocycles. The first-order chi connectivity index (χ1) is 14.9. The maximum Gasteiger partial charge on any atom is 0.141 e. The molecule has 4 rings (SSSR count). The molecule has 0 amide bonds. The van der Waals surface area contributed by atoms with Gasteiger partial charge in [-0.3, -0.25) is 0 Å². The molecule has 160 valence electrons. The predicted octanol–water partition coefficient (Wildman–Crippen LogP) is 6.07. The Morgan fingerprint density at radius 3 is 2.52 bits per heavy atom. The van der Waals surface area contributed by atoms with Crippen LogP contribution in [0.15, 0.2) is 65.1 Å². The number of benzene rings is 3. The first-order valence-corrected chi connectivity index (χ1v) is 11.3. The first kappa shape index (κ1) is 21.6. The molecule has 0 unspecified atom stereocenters. The summed E-state index contributed by atoms with van der Waals surface area (Å²) in [5.41, 5.74) is 6.94. The van der Waals surface area contributed by atoms with Crippen LogP contribution in [0.1, 0.15) is 16.7 Å². The molecule has 0 saturated heterocycles. The molecule has 0 aliphatic rings. The van der Waals surface area contributed by atoms with Gasteiger partial charge in [0.25, 0.3) is 0 Å². The number of hydrogen-bond acceptors (Lipinski definition) is 3. The minimum absolute atomic E-state index is 0.654. The molecule has 1 aromatic heterocycles. The van der Waals surface area contributed by atoms with Gasteiger partial charge in [-0.1, -0.05) is 46.3 Å². The molecule has 0 aliphatic carbocycles. The van der Waals surface area contributed by atoms with E-state index in [1.165, 1.54) is 16.7 Å². The molecule has 4 aromatic rings. The predicted molar refractivity (Wildman–Crippen MR) is 132 cm³/mol. The summed E-state index contributed by atoms with van der Waals surface area (Å²) in [6.07, 6.45) is 0. The number of ether oxygens (including phenoxy) is 1. The van der Waals surface area contributed by atoms with E-state index in [1.54, 1.807) is 0 Å². The van der Waals surface area contributed by atoms with Gasteiger partial charge in [-0.2, -0.15) is 0 Å². The summed E-state index contributed by atoms with van der Waals surface area (Å²) in [7, 11) is 4.10. The molecule has 0 bridgehead atoms. The summed E-state index contributed by atoms with van der Waals surface area (Å²) >= 11 is 3.71. The molecular weight excluding hydrogens is 450 g/mol. The van der Waals surface area contributed by atoms with Crippen molar-refractivity contribution in [1.82, 2.24) is 14.5 Å². The van der Waals surface area contributed by atoms with Crippen LogP contribution >= 0.6 is 15.9 Å². The van der Waals surface area contributed by atoms with Crippen LogP contribution in [0.4, 0.5) is 0 Å². The lowest BCUT2D eigenvalue weighted by Crippen LogP contribution is -2.19. The molecule has 0 atom stereocenters. The van der Waals surface area contributed by atoms with Crippen LogP contribution in [-0.4, -0.2) is 41.7 Å². The zero-order valence-corrected chi connectivity index (χ0v) is 20.1. The number of imidazole rings is 1. The van der Waals surface area contributed by atoms with Crippen molar-refractivity contribution in [2.75, 3.05) is 27.2 Å². The molecule has 0 radical (unpaired) electrons. The Labute approximate surface area is 192 Å². The van der Waals surface area contributed by atoms with Gasteiger partial charge in [-0.05, 0) is 68.9 Å². The van der Waals surface area contributed by atoms with Crippen LogP contribution in [0.5, 0.6) is 5.75 Å². The normalized spacial score (nSPS) is 11.4. The van der Waals surface area contributed by atoms with Gasteiger partial charge in [-0.25, -0.2) is 4.98 Å². The van der Waals surface area contributed by atoms with Gasteiger partial charge in [0.2, 0.25) is 0 Å². The number of rotatable bonds is 7. The van der Waals surface area contributed by atoms with Gasteiger partial charge in [0, 0.05) is 22.6 Å². The molecule has 0 saturated carbocycles. The highest BCUT2D eigenvalue weighted by molar-refractivity contribution is 9.10. The van der Waals surface area contributed by atoms with Crippen LogP contribution in [0.2, 0.25) is 0 Å². The number of nitrogens with zero attached hydrogens (tertiary/aromatic N) is 3. The topological polar surface area (TPSA) is 30.3 Å². The summed E-state index contributed by atoms with van der Waals surface area (Å²) in [6, 6.07) is 21.1. The van der Waals surface area contributed by atoms with E-state index in [1.807, 2.05) is 12.1 Å². The molecule has 0 spiro atoms. The SMILES string of the molecule is Cc1ccc(-c2nc3ccc(OCCN(C)C)cc3n2Cc2ccccc2Br)cc1C. The van der Waals surface area contributed by atoms with Crippen LogP contribution in [-0.2, 0) is 6.54 Å². The van der Waals surface area contributed by atoms with E-state index in [4.69, 9.17) is 9.72 Å². The lowest BCUT2D eigenvalue weighted by atomic mass is 10.1. The third-order valence-corrected chi connectivity index (χ3v) is 6.35. The molecule has 0 N–H and O–H groups in total. The minimum Gasteiger partial charge on any atom is -0.492 e. The standard InChI is InChI=1S/C26H28BrN3O/c1-18-9-10-20(15-19(18)2)26-28-24-12-11-22(31-14-13-29(3)4)16-25(24)30(26)17-21-7-5-6-8-23(21)27/h5-12,15-16H,13-14,17H2,1-4H3. The number of hydrogen-bond donors (Lipinski definition) is 0. The minimum atomic E-state index is 0.654. The van der Waals surface area contributed by atoms with Crippen molar-refractivity contribution in [1.29, 1.82) is 0 Å². The van der Waals surface area contributed by atoms with Crippen LogP contribution in [0, 0.1) is 13.8 Å². The van der Waals surface area contributed by atoms with E-state index in [-0.39, 0.29) is 0 Å². The molecule has 3 aromatic carbocycles. The van der Waals surface area contributed by atoms with Crippen LogP contribution in [0.25, 0.3) is 22.4 Å². The smallest absolute Gasteiger partial charge is 0.141 e. The van der Waals surface area contributed by atoms with Gasteiger partial charge in [-0.15, -0.1) is 0 Å². The highest BCUT2D eigenvalue weighted by Crippen LogP contribution is 2.30. The number of aryl methyl sites for hydroxylation is 2. The fourth-order valence-electron chi connectivity index (χ4n) is 3.60. The number of aromatic nitrogens is 2. The summed E-state index contributed by atoms with van der Waals surface area (Å²) in [5, 5.41) is 0. The highest BCUT2D eigenvalue weighted by atomic mass is 79.9. The van der Waals surface area contributed by atoms with E-state index < -0.39 is 0 Å². The van der Waals surface area contributed by atoms with Gasteiger partial charge in [0.15, 0.2) is 0 Å². The molecular formula is C26H28BrN3O. The van der Waals surface area contributed by atoms with Gasteiger partial charge in [0.05, 0.1) is 17.6 Å². The molecule has 0 fully saturated rings. The van der Waals surface area contributed by atoms with Crippen LogP contribution < -0.4 is 4.74 Å². The Hall–Kier alpha value is -2.63. The maximum absolute atomic E-state index is 6.01.